The third-order valence-corrected chi connectivity index (χ3v) is 4.32. The second-order valence-corrected chi connectivity index (χ2v) is 5.79. The van der Waals surface area contributed by atoms with Crippen molar-refractivity contribution in [1.82, 2.24) is 0 Å². The molecule has 0 aromatic heterocycles. The standard InChI is InChI=1S/C20H18N2O5/c1-23-15-9-14(10-16(24-2)17(15)25-3)18-20(11-21,12-22)27-19(26-18)13-7-5-4-6-8-13/h4-10,18-19H,1-3H3/t18-,19-/m0/s1. The summed E-state index contributed by atoms with van der Waals surface area (Å²) >= 11 is 0. The van der Waals surface area contributed by atoms with Crippen LogP contribution in [0.3, 0.4) is 0 Å². The topological polar surface area (TPSA) is 93.7 Å². The molecule has 0 aliphatic carbocycles. The Labute approximate surface area is 157 Å². The molecule has 1 heterocycles. The van der Waals surface area contributed by atoms with Gasteiger partial charge in [-0.15, -0.1) is 0 Å². The molecule has 0 amide bonds. The van der Waals surface area contributed by atoms with Gasteiger partial charge < -0.3 is 23.7 Å². The summed E-state index contributed by atoms with van der Waals surface area (Å²) in [5.74, 6) is 1.19. The van der Waals surface area contributed by atoms with Crippen LogP contribution in [0.2, 0.25) is 0 Å². The van der Waals surface area contributed by atoms with Gasteiger partial charge in [-0.05, 0) is 17.7 Å². The summed E-state index contributed by atoms with van der Waals surface area (Å²) in [6.45, 7) is 0. The van der Waals surface area contributed by atoms with Crippen molar-refractivity contribution >= 4 is 0 Å². The first kappa shape index (κ1) is 18.5. The van der Waals surface area contributed by atoms with Crippen molar-refractivity contribution in [2.75, 3.05) is 21.3 Å². The first-order valence-corrected chi connectivity index (χ1v) is 8.13. The number of hydrogen-bond acceptors (Lipinski definition) is 7. The molecule has 1 aliphatic rings. The molecule has 1 saturated heterocycles. The zero-order valence-corrected chi connectivity index (χ0v) is 15.1. The fourth-order valence-corrected chi connectivity index (χ4v) is 3.00. The van der Waals surface area contributed by atoms with Crippen LogP contribution in [0.15, 0.2) is 42.5 Å². The molecule has 7 nitrogen and oxygen atoms in total. The summed E-state index contributed by atoms with van der Waals surface area (Å²) in [6, 6.07) is 16.3. The fourth-order valence-electron chi connectivity index (χ4n) is 3.00. The first-order valence-electron chi connectivity index (χ1n) is 8.13. The van der Waals surface area contributed by atoms with E-state index in [1.807, 2.05) is 42.5 Å². The van der Waals surface area contributed by atoms with Crippen LogP contribution in [-0.4, -0.2) is 26.9 Å². The fraction of sp³-hybridized carbons (Fsp3) is 0.300. The Kier molecular flexibility index (Phi) is 5.18. The Morgan fingerprint density at radius 2 is 1.48 bits per heavy atom. The summed E-state index contributed by atoms with van der Waals surface area (Å²) < 4.78 is 27.8. The highest BCUT2D eigenvalue weighted by Crippen LogP contribution is 2.49. The highest BCUT2D eigenvalue weighted by molar-refractivity contribution is 5.55. The zero-order chi connectivity index (χ0) is 19.4. The van der Waals surface area contributed by atoms with Crippen LogP contribution in [-0.2, 0) is 9.47 Å². The minimum absolute atomic E-state index is 0.392. The molecular weight excluding hydrogens is 348 g/mol. The highest BCUT2D eigenvalue weighted by atomic mass is 16.7. The van der Waals surface area contributed by atoms with Crippen molar-refractivity contribution in [3.63, 3.8) is 0 Å². The average molecular weight is 366 g/mol. The number of hydrogen-bond donors (Lipinski definition) is 0. The molecule has 7 heteroatoms. The summed E-state index contributed by atoms with van der Waals surface area (Å²) in [7, 11) is 4.47. The molecule has 0 unspecified atom stereocenters. The minimum atomic E-state index is -1.81. The van der Waals surface area contributed by atoms with E-state index in [9.17, 15) is 10.5 Å². The number of nitriles is 2. The van der Waals surface area contributed by atoms with Gasteiger partial charge in [0.25, 0.3) is 5.60 Å². The van der Waals surface area contributed by atoms with E-state index >= 15 is 0 Å². The zero-order valence-electron chi connectivity index (χ0n) is 15.1. The molecule has 0 bridgehead atoms. The average Bonchev–Trinajstić information content (AvgIpc) is 3.13. The highest BCUT2D eigenvalue weighted by Gasteiger charge is 2.53. The van der Waals surface area contributed by atoms with E-state index in [0.717, 1.165) is 0 Å². The van der Waals surface area contributed by atoms with E-state index in [2.05, 4.69) is 0 Å². The van der Waals surface area contributed by atoms with Crippen molar-refractivity contribution < 1.29 is 23.7 Å². The van der Waals surface area contributed by atoms with Crippen molar-refractivity contribution in [1.29, 1.82) is 10.5 Å². The molecule has 3 rings (SSSR count). The Balaban J connectivity index is 2.09. The van der Waals surface area contributed by atoms with E-state index in [1.165, 1.54) is 21.3 Å². The number of nitrogens with zero attached hydrogens (tertiary/aromatic N) is 2. The van der Waals surface area contributed by atoms with Gasteiger partial charge in [-0.1, -0.05) is 30.3 Å². The third-order valence-electron chi connectivity index (χ3n) is 4.32. The van der Waals surface area contributed by atoms with Gasteiger partial charge in [0.15, 0.2) is 17.8 Å². The van der Waals surface area contributed by atoms with Gasteiger partial charge in [0.05, 0.1) is 21.3 Å². The van der Waals surface area contributed by atoms with Gasteiger partial charge in [-0.25, -0.2) is 0 Å². The summed E-state index contributed by atoms with van der Waals surface area (Å²) in [6.07, 6.45) is -1.82. The monoisotopic (exact) mass is 366 g/mol. The summed E-state index contributed by atoms with van der Waals surface area (Å²) in [4.78, 5) is 0. The Morgan fingerprint density at radius 1 is 0.889 bits per heavy atom. The van der Waals surface area contributed by atoms with Crippen LogP contribution in [0.5, 0.6) is 17.2 Å². The van der Waals surface area contributed by atoms with Gasteiger partial charge >= 0.3 is 0 Å². The lowest BCUT2D eigenvalue weighted by atomic mass is 9.93. The Hall–Kier alpha value is -3.26. The maximum atomic E-state index is 9.70. The van der Waals surface area contributed by atoms with Crippen molar-refractivity contribution in [3.05, 3.63) is 53.6 Å². The quantitative estimate of drug-likeness (QED) is 0.801. The largest absolute Gasteiger partial charge is 0.493 e. The predicted molar refractivity (Wildman–Crippen MR) is 94.1 cm³/mol. The third kappa shape index (κ3) is 3.15. The molecule has 2 aromatic carbocycles. The Morgan fingerprint density at radius 3 is 1.96 bits per heavy atom. The molecule has 0 radical (unpaired) electrons. The van der Waals surface area contributed by atoms with Crippen LogP contribution in [0, 0.1) is 22.7 Å². The predicted octanol–water partition coefficient (Wildman–Crippen LogP) is 3.29. The van der Waals surface area contributed by atoms with Gasteiger partial charge in [-0.2, -0.15) is 10.5 Å². The summed E-state index contributed by atoms with van der Waals surface area (Å²) in [5, 5.41) is 19.4. The lowest BCUT2D eigenvalue weighted by Crippen LogP contribution is -2.30. The van der Waals surface area contributed by atoms with Crippen LogP contribution in [0.25, 0.3) is 0 Å². The van der Waals surface area contributed by atoms with Crippen molar-refractivity contribution in [2.24, 2.45) is 0 Å². The molecule has 0 saturated carbocycles. The van der Waals surface area contributed by atoms with Crippen molar-refractivity contribution in [2.45, 2.75) is 18.0 Å². The SMILES string of the molecule is COc1cc([C@@H]2O[C@H](c3ccccc3)OC2(C#N)C#N)cc(OC)c1OC. The molecule has 2 atom stereocenters. The lowest BCUT2D eigenvalue weighted by molar-refractivity contribution is -0.0718. The van der Waals surface area contributed by atoms with Crippen molar-refractivity contribution in [3.8, 4) is 29.4 Å². The molecule has 1 fully saturated rings. The molecule has 2 aromatic rings. The first-order chi connectivity index (χ1) is 13.1. The molecule has 138 valence electrons. The number of rotatable bonds is 5. The smallest absolute Gasteiger partial charge is 0.274 e. The minimum Gasteiger partial charge on any atom is -0.493 e. The normalized spacial score (nSPS) is 20.3. The van der Waals surface area contributed by atoms with Gasteiger partial charge in [0, 0.05) is 5.56 Å². The van der Waals surface area contributed by atoms with Gasteiger partial charge in [0.2, 0.25) is 5.75 Å². The van der Waals surface area contributed by atoms with Crippen LogP contribution in [0.4, 0.5) is 0 Å². The van der Waals surface area contributed by atoms with Gasteiger partial charge in [0.1, 0.15) is 18.2 Å². The molecular formula is C20H18N2O5. The molecule has 1 aliphatic heterocycles. The van der Waals surface area contributed by atoms with E-state index in [4.69, 9.17) is 23.7 Å². The molecule has 0 N–H and O–H groups in total. The maximum absolute atomic E-state index is 9.70. The molecule has 0 spiro atoms. The number of benzene rings is 2. The number of methoxy groups -OCH3 is 3. The van der Waals surface area contributed by atoms with Crippen LogP contribution < -0.4 is 14.2 Å². The van der Waals surface area contributed by atoms with E-state index in [-0.39, 0.29) is 0 Å². The van der Waals surface area contributed by atoms with E-state index < -0.39 is 18.0 Å². The van der Waals surface area contributed by atoms with Gasteiger partial charge in [-0.3, -0.25) is 0 Å². The van der Waals surface area contributed by atoms with Crippen LogP contribution in [0.1, 0.15) is 23.5 Å². The second kappa shape index (κ2) is 7.55. The second-order valence-electron chi connectivity index (χ2n) is 5.79. The maximum Gasteiger partial charge on any atom is 0.274 e. The lowest BCUT2D eigenvalue weighted by Gasteiger charge is -2.20. The Bertz CT molecular complexity index is 862. The van der Waals surface area contributed by atoms with E-state index in [0.29, 0.717) is 28.4 Å². The summed E-state index contributed by atoms with van der Waals surface area (Å²) in [5.41, 5.74) is -0.598. The number of ether oxygens (including phenoxy) is 5. The van der Waals surface area contributed by atoms with Crippen LogP contribution >= 0.6 is 0 Å². The molecule has 27 heavy (non-hydrogen) atoms. The van der Waals surface area contributed by atoms with E-state index in [1.54, 1.807) is 12.1 Å².